The highest BCUT2D eigenvalue weighted by molar-refractivity contribution is 6.07. The number of hydrogen-bond donors (Lipinski definition) is 3. The Kier molecular flexibility index (Phi) is 4.13. The summed E-state index contributed by atoms with van der Waals surface area (Å²) < 4.78 is 13.3. The summed E-state index contributed by atoms with van der Waals surface area (Å²) >= 11 is 0. The van der Waals surface area contributed by atoms with E-state index in [9.17, 15) is 14.0 Å². The normalized spacial score (nSPS) is 10.1. The number of carboxylic acid groups (broad SMARTS) is 1. The Morgan fingerprint density at radius 2 is 2.05 bits per heavy atom. The van der Waals surface area contributed by atoms with Gasteiger partial charge in [0, 0.05) is 0 Å². The van der Waals surface area contributed by atoms with Gasteiger partial charge in [-0.2, -0.15) is 0 Å². The number of carbonyl (C=O) groups excluding carboxylic acids is 1. The molecule has 7 heteroatoms. The molecule has 0 aliphatic rings. The van der Waals surface area contributed by atoms with Gasteiger partial charge in [-0.3, -0.25) is 14.6 Å². The van der Waals surface area contributed by atoms with E-state index in [0.29, 0.717) is 11.4 Å². The average molecular weight is 289 g/mol. The first-order valence-corrected chi connectivity index (χ1v) is 5.99. The van der Waals surface area contributed by atoms with Crippen molar-refractivity contribution in [2.24, 2.45) is 0 Å². The van der Waals surface area contributed by atoms with Gasteiger partial charge in [-0.25, -0.2) is 4.39 Å². The van der Waals surface area contributed by atoms with E-state index < -0.39 is 17.7 Å². The van der Waals surface area contributed by atoms with Crippen LogP contribution in [0.25, 0.3) is 0 Å². The maximum Gasteiger partial charge on any atom is 0.309 e. The minimum Gasteiger partial charge on any atom is -0.481 e. The van der Waals surface area contributed by atoms with Gasteiger partial charge in [0.25, 0.3) is 5.91 Å². The first-order valence-electron chi connectivity index (χ1n) is 5.99. The van der Waals surface area contributed by atoms with Crippen LogP contribution in [-0.4, -0.2) is 22.0 Å². The molecule has 0 fully saturated rings. The van der Waals surface area contributed by atoms with Crippen molar-refractivity contribution < 1.29 is 19.1 Å². The number of hydrogen-bond acceptors (Lipinski definition) is 4. The molecule has 0 atom stereocenters. The zero-order valence-electron chi connectivity index (χ0n) is 10.8. The molecule has 4 N–H and O–H groups in total. The number of para-hydroxylation sites is 1. The first-order chi connectivity index (χ1) is 9.97. The van der Waals surface area contributed by atoms with Crippen molar-refractivity contribution in [1.29, 1.82) is 0 Å². The van der Waals surface area contributed by atoms with Gasteiger partial charge in [0.05, 0.1) is 35.2 Å². The van der Waals surface area contributed by atoms with Crippen molar-refractivity contribution >= 4 is 23.3 Å². The molecular formula is C14H12FN3O3. The summed E-state index contributed by atoms with van der Waals surface area (Å²) in [5, 5.41) is 11.1. The number of rotatable bonds is 4. The molecule has 0 bridgehead atoms. The van der Waals surface area contributed by atoms with E-state index in [0.717, 1.165) is 6.07 Å². The molecule has 2 aromatic rings. The van der Waals surface area contributed by atoms with Crippen LogP contribution in [0.1, 0.15) is 16.1 Å². The van der Waals surface area contributed by atoms with Crippen LogP contribution < -0.4 is 11.1 Å². The predicted octanol–water partition coefficient (Wildman–Crippen LogP) is 1.68. The summed E-state index contributed by atoms with van der Waals surface area (Å²) in [4.78, 5) is 26.4. The van der Waals surface area contributed by atoms with Gasteiger partial charge in [0.2, 0.25) is 0 Å². The number of carboxylic acids is 1. The van der Waals surface area contributed by atoms with Crippen molar-refractivity contribution in [3.05, 3.63) is 53.6 Å². The Morgan fingerprint density at radius 1 is 1.29 bits per heavy atom. The van der Waals surface area contributed by atoms with Crippen molar-refractivity contribution in [2.45, 2.75) is 6.42 Å². The zero-order valence-corrected chi connectivity index (χ0v) is 10.8. The lowest BCUT2D eigenvalue weighted by molar-refractivity contribution is -0.136. The number of carbonyl (C=O) groups is 2. The lowest BCUT2D eigenvalue weighted by Crippen LogP contribution is -2.15. The number of aromatic nitrogens is 1. The third kappa shape index (κ3) is 3.53. The Labute approximate surface area is 119 Å². The van der Waals surface area contributed by atoms with Gasteiger partial charge in [0.15, 0.2) is 0 Å². The van der Waals surface area contributed by atoms with Crippen LogP contribution in [0.5, 0.6) is 0 Å². The molecule has 108 valence electrons. The minimum atomic E-state index is -0.994. The standard InChI is InChI=1S/C14H12FN3O3/c15-11-3-1-2-10(13(11)16)14(21)18-9-5-4-8(17-7-9)6-12(19)20/h1-5,7H,6,16H2,(H,18,21)(H,19,20). The lowest BCUT2D eigenvalue weighted by Gasteiger charge is -2.08. The van der Waals surface area contributed by atoms with E-state index in [1.54, 1.807) is 0 Å². The fraction of sp³-hybridized carbons (Fsp3) is 0.0714. The fourth-order valence-electron chi connectivity index (χ4n) is 1.69. The summed E-state index contributed by atoms with van der Waals surface area (Å²) in [5.41, 5.74) is 6.01. The number of pyridine rings is 1. The Balaban J connectivity index is 2.12. The van der Waals surface area contributed by atoms with Crippen LogP contribution in [0, 0.1) is 5.82 Å². The van der Waals surface area contributed by atoms with E-state index in [1.807, 2.05) is 0 Å². The number of nitrogen functional groups attached to an aromatic ring is 1. The summed E-state index contributed by atoms with van der Waals surface area (Å²) in [6.07, 6.45) is 1.12. The molecule has 1 amide bonds. The third-order valence-electron chi connectivity index (χ3n) is 2.71. The van der Waals surface area contributed by atoms with E-state index in [1.165, 1.54) is 30.5 Å². The zero-order chi connectivity index (χ0) is 15.4. The number of aliphatic carboxylic acids is 1. The van der Waals surface area contributed by atoms with Gasteiger partial charge in [0.1, 0.15) is 5.82 Å². The minimum absolute atomic E-state index is 0.0182. The van der Waals surface area contributed by atoms with Crippen molar-refractivity contribution in [3.63, 3.8) is 0 Å². The second-order valence-electron chi connectivity index (χ2n) is 4.26. The maximum atomic E-state index is 13.3. The fourth-order valence-corrected chi connectivity index (χ4v) is 1.69. The Bertz CT molecular complexity index is 686. The van der Waals surface area contributed by atoms with Crippen LogP contribution in [0.3, 0.4) is 0 Å². The topological polar surface area (TPSA) is 105 Å². The molecule has 0 unspecified atom stereocenters. The van der Waals surface area contributed by atoms with E-state index in [-0.39, 0.29) is 17.7 Å². The molecule has 1 aromatic carbocycles. The summed E-state index contributed by atoms with van der Waals surface area (Å²) in [6.45, 7) is 0. The molecule has 0 aliphatic heterocycles. The number of amides is 1. The average Bonchev–Trinajstić information content (AvgIpc) is 2.43. The quantitative estimate of drug-likeness (QED) is 0.743. The molecule has 1 heterocycles. The lowest BCUT2D eigenvalue weighted by atomic mass is 10.1. The summed E-state index contributed by atoms with van der Waals surface area (Å²) in [6, 6.07) is 6.94. The molecule has 0 saturated carbocycles. The van der Waals surface area contributed by atoms with E-state index in [4.69, 9.17) is 10.8 Å². The summed E-state index contributed by atoms with van der Waals surface area (Å²) in [7, 11) is 0. The monoisotopic (exact) mass is 289 g/mol. The number of nitrogens with zero attached hydrogens (tertiary/aromatic N) is 1. The third-order valence-corrected chi connectivity index (χ3v) is 2.71. The second kappa shape index (κ2) is 6.00. The van der Waals surface area contributed by atoms with Gasteiger partial charge >= 0.3 is 5.97 Å². The van der Waals surface area contributed by atoms with E-state index in [2.05, 4.69) is 10.3 Å². The predicted molar refractivity (Wildman–Crippen MR) is 74.3 cm³/mol. The van der Waals surface area contributed by atoms with Crippen LogP contribution in [0.4, 0.5) is 15.8 Å². The largest absolute Gasteiger partial charge is 0.481 e. The molecule has 1 aromatic heterocycles. The van der Waals surface area contributed by atoms with Crippen LogP contribution >= 0.6 is 0 Å². The molecule has 0 radical (unpaired) electrons. The molecular weight excluding hydrogens is 277 g/mol. The van der Waals surface area contributed by atoms with Crippen molar-refractivity contribution in [3.8, 4) is 0 Å². The maximum absolute atomic E-state index is 13.3. The molecule has 0 aliphatic carbocycles. The number of nitrogens with one attached hydrogen (secondary N) is 1. The van der Waals surface area contributed by atoms with Gasteiger partial charge in [-0.1, -0.05) is 6.07 Å². The SMILES string of the molecule is Nc1c(F)cccc1C(=O)Nc1ccc(CC(=O)O)nc1. The molecule has 6 nitrogen and oxygen atoms in total. The molecule has 2 rings (SSSR count). The highest BCUT2D eigenvalue weighted by atomic mass is 19.1. The number of benzene rings is 1. The van der Waals surface area contributed by atoms with Crippen LogP contribution in [0.15, 0.2) is 36.5 Å². The van der Waals surface area contributed by atoms with Gasteiger partial charge in [-0.05, 0) is 24.3 Å². The number of halogens is 1. The summed E-state index contributed by atoms with van der Waals surface area (Å²) in [5.74, 6) is -2.23. The van der Waals surface area contributed by atoms with Crippen LogP contribution in [0.2, 0.25) is 0 Å². The highest BCUT2D eigenvalue weighted by Gasteiger charge is 2.13. The Hall–Kier alpha value is -2.96. The van der Waals surface area contributed by atoms with Crippen molar-refractivity contribution in [1.82, 2.24) is 4.98 Å². The van der Waals surface area contributed by atoms with Gasteiger partial charge in [-0.15, -0.1) is 0 Å². The highest BCUT2D eigenvalue weighted by Crippen LogP contribution is 2.17. The molecule has 21 heavy (non-hydrogen) atoms. The second-order valence-corrected chi connectivity index (χ2v) is 4.26. The van der Waals surface area contributed by atoms with Gasteiger partial charge < -0.3 is 16.2 Å². The number of nitrogens with two attached hydrogens (primary N) is 1. The smallest absolute Gasteiger partial charge is 0.309 e. The van der Waals surface area contributed by atoms with Crippen LogP contribution in [-0.2, 0) is 11.2 Å². The molecule has 0 spiro atoms. The number of anilines is 2. The first kappa shape index (κ1) is 14.4. The molecule has 0 saturated heterocycles. The van der Waals surface area contributed by atoms with E-state index >= 15 is 0 Å². The van der Waals surface area contributed by atoms with Crippen molar-refractivity contribution in [2.75, 3.05) is 11.1 Å². The Morgan fingerprint density at radius 3 is 2.67 bits per heavy atom.